The number of anilines is 1. The molecule has 1 aromatic rings. The van der Waals surface area contributed by atoms with Gasteiger partial charge in [0.25, 0.3) is 0 Å². The molecule has 7 heteroatoms. The molecule has 0 radical (unpaired) electrons. The molecule has 0 fully saturated rings. The lowest BCUT2D eigenvalue weighted by Gasteiger charge is -2.13. The van der Waals surface area contributed by atoms with Crippen molar-refractivity contribution in [2.45, 2.75) is 6.18 Å². The minimum absolute atomic E-state index is 0.0878. The summed E-state index contributed by atoms with van der Waals surface area (Å²) in [6.07, 6.45) is -4.42. The van der Waals surface area contributed by atoms with Gasteiger partial charge in [0, 0.05) is 0 Å². The largest absolute Gasteiger partial charge is 0.495 e. The van der Waals surface area contributed by atoms with Crippen molar-refractivity contribution in [3.05, 3.63) is 23.8 Å². The third kappa shape index (κ3) is 2.99. The van der Waals surface area contributed by atoms with Gasteiger partial charge in [-0.2, -0.15) is 13.2 Å². The molecule has 0 bridgehead atoms. The summed E-state index contributed by atoms with van der Waals surface area (Å²) in [5.74, 6) is 0.237. The van der Waals surface area contributed by atoms with Gasteiger partial charge >= 0.3 is 6.18 Å². The van der Waals surface area contributed by atoms with E-state index in [1.165, 1.54) is 13.2 Å². The first-order valence-corrected chi connectivity index (χ1v) is 4.57. The minimum atomic E-state index is -4.42. The molecular formula is C9H9F3N2OS. The Morgan fingerprint density at radius 3 is 2.50 bits per heavy atom. The molecule has 0 aromatic heterocycles. The van der Waals surface area contributed by atoms with Crippen LogP contribution in [0.4, 0.5) is 18.9 Å². The van der Waals surface area contributed by atoms with Crippen LogP contribution in [0.1, 0.15) is 5.56 Å². The highest BCUT2D eigenvalue weighted by atomic mass is 32.1. The van der Waals surface area contributed by atoms with Gasteiger partial charge in [-0.25, -0.2) is 0 Å². The maximum Gasteiger partial charge on any atom is 0.416 e. The number of rotatable bonds is 2. The second kappa shape index (κ2) is 4.56. The van der Waals surface area contributed by atoms with Crippen LogP contribution >= 0.6 is 12.2 Å². The highest BCUT2D eigenvalue weighted by Gasteiger charge is 2.31. The van der Waals surface area contributed by atoms with Gasteiger partial charge in [0.05, 0.1) is 18.4 Å². The molecule has 0 aliphatic rings. The summed E-state index contributed by atoms with van der Waals surface area (Å²) >= 11 is 4.55. The van der Waals surface area contributed by atoms with Crippen molar-refractivity contribution in [3.63, 3.8) is 0 Å². The third-order valence-corrected chi connectivity index (χ3v) is 1.89. The number of nitrogens with one attached hydrogen (secondary N) is 1. The van der Waals surface area contributed by atoms with E-state index in [9.17, 15) is 13.2 Å². The molecule has 1 aromatic carbocycles. The second-order valence-electron chi connectivity index (χ2n) is 2.90. The molecule has 1 rings (SSSR count). The minimum Gasteiger partial charge on any atom is -0.495 e. The Morgan fingerprint density at radius 2 is 2.06 bits per heavy atom. The van der Waals surface area contributed by atoms with E-state index in [0.717, 1.165) is 12.1 Å². The normalized spacial score (nSPS) is 11.0. The number of methoxy groups -OCH3 is 1. The zero-order valence-corrected chi connectivity index (χ0v) is 9.08. The number of hydrogen-bond donors (Lipinski definition) is 2. The summed E-state index contributed by atoms with van der Waals surface area (Å²) in [6.45, 7) is 0. The summed E-state index contributed by atoms with van der Waals surface area (Å²) in [5.41, 5.74) is 4.48. The molecule has 16 heavy (non-hydrogen) atoms. The van der Waals surface area contributed by atoms with Crippen LogP contribution in [0.15, 0.2) is 18.2 Å². The van der Waals surface area contributed by atoms with Crippen molar-refractivity contribution >= 4 is 23.0 Å². The maximum atomic E-state index is 12.4. The summed E-state index contributed by atoms with van der Waals surface area (Å²) in [5, 5.41) is 2.29. The van der Waals surface area contributed by atoms with Crippen LogP contribution in [0.2, 0.25) is 0 Å². The van der Waals surface area contributed by atoms with Crippen molar-refractivity contribution in [1.29, 1.82) is 0 Å². The zero-order valence-electron chi connectivity index (χ0n) is 8.26. The number of nitrogens with two attached hydrogens (primary N) is 1. The molecule has 0 saturated carbocycles. The van der Waals surface area contributed by atoms with E-state index in [2.05, 4.69) is 17.5 Å². The number of benzene rings is 1. The fourth-order valence-corrected chi connectivity index (χ4v) is 1.22. The van der Waals surface area contributed by atoms with Gasteiger partial charge in [0.2, 0.25) is 0 Å². The SMILES string of the molecule is COc1ccc(C(F)(F)F)cc1NC(N)=S. The first kappa shape index (κ1) is 12.6. The predicted octanol–water partition coefficient (Wildman–Crippen LogP) is 2.37. The van der Waals surface area contributed by atoms with Crippen LogP contribution in [-0.2, 0) is 6.18 Å². The average Bonchev–Trinajstić information content (AvgIpc) is 2.15. The van der Waals surface area contributed by atoms with Gasteiger partial charge in [-0.15, -0.1) is 0 Å². The maximum absolute atomic E-state index is 12.4. The molecule has 0 amide bonds. The van der Waals surface area contributed by atoms with E-state index in [1.54, 1.807) is 0 Å². The lowest BCUT2D eigenvalue weighted by molar-refractivity contribution is -0.137. The Bertz CT molecular complexity index is 406. The number of thiocarbonyl (C=S) groups is 1. The van der Waals surface area contributed by atoms with E-state index < -0.39 is 11.7 Å². The van der Waals surface area contributed by atoms with Crippen molar-refractivity contribution in [3.8, 4) is 5.75 Å². The number of halogens is 3. The van der Waals surface area contributed by atoms with Gasteiger partial charge in [-0.1, -0.05) is 0 Å². The van der Waals surface area contributed by atoms with E-state index in [1.807, 2.05) is 0 Å². The third-order valence-electron chi connectivity index (χ3n) is 1.78. The summed E-state index contributed by atoms with van der Waals surface area (Å²) < 4.78 is 42.1. The molecule has 0 aliphatic heterocycles. The van der Waals surface area contributed by atoms with E-state index in [4.69, 9.17) is 10.5 Å². The summed E-state index contributed by atoms with van der Waals surface area (Å²) in [7, 11) is 1.34. The smallest absolute Gasteiger partial charge is 0.416 e. The van der Waals surface area contributed by atoms with E-state index in [0.29, 0.717) is 0 Å². The summed E-state index contributed by atoms with van der Waals surface area (Å²) in [6, 6.07) is 3.00. The monoisotopic (exact) mass is 250 g/mol. The van der Waals surface area contributed by atoms with Crippen LogP contribution in [0, 0.1) is 0 Å². The Hall–Kier alpha value is -1.50. The van der Waals surface area contributed by atoms with Gasteiger partial charge < -0.3 is 15.8 Å². The quantitative estimate of drug-likeness (QED) is 0.791. The van der Waals surface area contributed by atoms with Gasteiger partial charge in [0.1, 0.15) is 5.75 Å². The molecule has 0 heterocycles. The Balaban J connectivity index is 3.16. The van der Waals surface area contributed by atoms with Crippen molar-refractivity contribution in [1.82, 2.24) is 0 Å². The molecule has 88 valence electrons. The molecule has 0 saturated heterocycles. The predicted molar refractivity (Wildman–Crippen MR) is 58.4 cm³/mol. The molecule has 0 aliphatic carbocycles. The highest BCUT2D eigenvalue weighted by Crippen LogP contribution is 2.34. The molecular weight excluding hydrogens is 241 g/mol. The van der Waals surface area contributed by atoms with Crippen molar-refractivity contribution in [2.24, 2.45) is 5.73 Å². The van der Waals surface area contributed by atoms with Gasteiger partial charge in [-0.05, 0) is 30.4 Å². The molecule has 3 nitrogen and oxygen atoms in total. The first-order valence-electron chi connectivity index (χ1n) is 4.16. The molecule has 0 atom stereocenters. The molecule has 0 spiro atoms. The van der Waals surface area contributed by atoms with E-state index in [-0.39, 0.29) is 16.5 Å². The fourth-order valence-electron chi connectivity index (χ4n) is 1.11. The Labute approximate surface area is 95.4 Å². The van der Waals surface area contributed by atoms with E-state index >= 15 is 0 Å². The standard InChI is InChI=1S/C9H9F3N2OS/c1-15-7-3-2-5(9(10,11)12)4-6(7)14-8(13)16/h2-4H,1H3,(H3,13,14,16). The summed E-state index contributed by atoms with van der Waals surface area (Å²) in [4.78, 5) is 0. The lowest BCUT2D eigenvalue weighted by Crippen LogP contribution is -2.20. The zero-order chi connectivity index (χ0) is 12.3. The van der Waals surface area contributed by atoms with Gasteiger partial charge in [-0.3, -0.25) is 0 Å². The van der Waals surface area contributed by atoms with Crippen molar-refractivity contribution in [2.75, 3.05) is 12.4 Å². The lowest BCUT2D eigenvalue weighted by atomic mass is 10.2. The molecule has 3 N–H and O–H groups in total. The number of alkyl halides is 3. The second-order valence-corrected chi connectivity index (χ2v) is 3.34. The van der Waals surface area contributed by atoms with Crippen LogP contribution in [0.25, 0.3) is 0 Å². The first-order chi connectivity index (χ1) is 7.34. The van der Waals surface area contributed by atoms with Crippen LogP contribution < -0.4 is 15.8 Å². The molecule has 0 unspecified atom stereocenters. The average molecular weight is 250 g/mol. The topological polar surface area (TPSA) is 47.3 Å². The number of ether oxygens (including phenoxy) is 1. The van der Waals surface area contributed by atoms with Crippen LogP contribution in [-0.4, -0.2) is 12.2 Å². The van der Waals surface area contributed by atoms with Crippen LogP contribution in [0.5, 0.6) is 5.75 Å². The highest BCUT2D eigenvalue weighted by molar-refractivity contribution is 7.80. The fraction of sp³-hybridized carbons (Fsp3) is 0.222. The number of hydrogen-bond acceptors (Lipinski definition) is 2. The van der Waals surface area contributed by atoms with Crippen molar-refractivity contribution < 1.29 is 17.9 Å². The van der Waals surface area contributed by atoms with Crippen LogP contribution in [0.3, 0.4) is 0 Å². The Morgan fingerprint density at radius 1 is 1.44 bits per heavy atom. The Kier molecular flexibility index (Phi) is 3.58. The van der Waals surface area contributed by atoms with Gasteiger partial charge in [0.15, 0.2) is 5.11 Å².